The van der Waals surface area contributed by atoms with Gasteiger partial charge in [0.25, 0.3) is 15.9 Å². The van der Waals surface area contributed by atoms with Gasteiger partial charge in [-0.05, 0) is 48.5 Å². The fraction of sp³-hybridized carbons (Fsp3) is 0.0500. The number of nitrogens with zero attached hydrogens (tertiary/aromatic N) is 1. The largest absolute Gasteiger partial charge is 0.321 e. The van der Waals surface area contributed by atoms with Gasteiger partial charge in [-0.1, -0.05) is 47.5 Å². The third kappa shape index (κ3) is 4.30. The van der Waals surface area contributed by atoms with E-state index in [0.29, 0.717) is 21.4 Å². The lowest BCUT2D eigenvalue weighted by Crippen LogP contribution is -2.26. The van der Waals surface area contributed by atoms with Crippen LogP contribution in [-0.4, -0.2) is 21.4 Å². The summed E-state index contributed by atoms with van der Waals surface area (Å²) < 4.78 is 27.0. The molecule has 3 aromatic rings. The van der Waals surface area contributed by atoms with Crippen LogP contribution in [0, 0.1) is 0 Å². The van der Waals surface area contributed by atoms with Crippen LogP contribution in [-0.2, 0) is 10.0 Å². The maximum atomic E-state index is 12.9. The fourth-order valence-electron chi connectivity index (χ4n) is 2.52. The molecule has 0 saturated heterocycles. The molecule has 3 aromatic carbocycles. The summed E-state index contributed by atoms with van der Waals surface area (Å²) in [6.45, 7) is 0. The summed E-state index contributed by atoms with van der Waals surface area (Å²) in [4.78, 5) is 12.6. The zero-order chi connectivity index (χ0) is 20.3. The van der Waals surface area contributed by atoms with Gasteiger partial charge in [-0.3, -0.25) is 9.10 Å². The van der Waals surface area contributed by atoms with E-state index in [9.17, 15) is 13.2 Å². The van der Waals surface area contributed by atoms with E-state index in [0.717, 1.165) is 4.31 Å². The van der Waals surface area contributed by atoms with E-state index in [1.165, 1.54) is 37.4 Å². The minimum absolute atomic E-state index is 0.00342. The van der Waals surface area contributed by atoms with E-state index >= 15 is 0 Å². The molecule has 3 rings (SSSR count). The predicted molar refractivity (Wildman–Crippen MR) is 113 cm³/mol. The van der Waals surface area contributed by atoms with Crippen molar-refractivity contribution in [2.24, 2.45) is 0 Å². The number of rotatable bonds is 5. The van der Waals surface area contributed by atoms with Crippen LogP contribution in [0.4, 0.5) is 11.4 Å². The minimum Gasteiger partial charge on any atom is -0.321 e. The van der Waals surface area contributed by atoms with Crippen LogP contribution in [0.15, 0.2) is 77.7 Å². The molecule has 0 aliphatic carbocycles. The van der Waals surface area contributed by atoms with Crippen LogP contribution in [0.25, 0.3) is 0 Å². The number of halogens is 2. The molecular weight excluding hydrogens is 419 g/mol. The van der Waals surface area contributed by atoms with Gasteiger partial charge in [-0.15, -0.1) is 0 Å². The number of sulfonamides is 1. The van der Waals surface area contributed by atoms with Crippen molar-refractivity contribution in [3.05, 3.63) is 88.4 Å². The summed E-state index contributed by atoms with van der Waals surface area (Å²) in [5.41, 5.74) is 1.04. The first-order valence-electron chi connectivity index (χ1n) is 8.19. The monoisotopic (exact) mass is 434 g/mol. The van der Waals surface area contributed by atoms with Gasteiger partial charge in [0.1, 0.15) is 0 Å². The first-order valence-corrected chi connectivity index (χ1v) is 10.4. The first-order chi connectivity index (χ1) is 13.3. The molecule has 0 saturated carbocycles. The van der Waals surface area contributed by atoms with E-state index < -0.39 is 15.9 Å². The smallest absolute Gasteiger partial charge is 0.264 e. The highest BCUT2D eigenvalue weighted by molar-refractivity contribution is 7.92. The average Bonchev–Trinajstić information content (AvgIpc) is 2.71. The molecule has 0 radical (unpaired) electrons. The molecule has 0 unspecified atom stereocenters. The number of para-hydroxylation sites is 1. The highest BCUT2D eigenvalue weighted by atomic mass is 35.5. The van der Waals surface area contributed by atoms with E-state index in [2.05, 4.69) is 5.32 Å². The number of hydrogen-bond acceptors (Lipinski definition) is 3. The van der Waals surface area contributed by atoms with Crippen molar-refractivity contribution in [2.75, 3.05) is 16.7 Å². The van der Waals surface area contributed by atoms with E-state index in [-0.39, 0.29) is 10.5 Å². The summed E-state index contributed by atoms with van der Waals surface area (Å²) in [6.07, 6.45) is 0. The van der Waals surface area contributed by atoms with Crippen molar-refractivity contribution in [1.29, 1.82) is 0 Å². The quantitative estimate of drug-likeness (QED) is 0.609. The van der Waals surface area contributed by atoms with Gasteiger partial charge in [-0.25, -0.2) is 8.42 Å². The highest BCUT2D eigenvalue weighted by Crippen LogP contribution is 2.27. The summed E-state index contributed by atoms with van der Waals surface area (Å²) in [7, 11) is -2.37. The SMILES string of the molecule is CN(c1ccccc1)S(=O)(=O)c1cccc(C(=O)Nc2cc(Cl)ccc2Cl)c1. The average molecular weight is 435 g/mol. The molecule has 0 aliphatic heterocycles. The summed E-state index contributed by atoms with van der Waals surface area (Å²) in [6, 6.07) is 19.2. The molecule has 28 heavy (non-hydrogen) atoms. The lowest BCUT2D eigenvalue weighted by atomic mass is 10.2. The van der Waals surface area contributed by atoms with Gasteiger partial charge < -0.3 is 5.32 Å². The van der Waals surface area contributed by atoms with Crippen molar-refractivity contribution in [1.82, 2.24) is 0 Å². The van der Waals surface area contributed by atoms with Crippen LogP contribution in [0.1, 0.15) is 10.4 Å². The van der Waals surface area contributed by atoms with Crippen molar-refractivity contribution < 1.29 is 13.2 Å². The molecule has 1 N–H and O–H groups in total. The Morgan fingerprint density at radius 3 is 2.36 bits per heavy atom. The van der Waals surface area contributed by atoms with Crippen molar-refractivity contribution in [3.63, 3.8) is 0 Å². The normalized spacial score (nSPS) is 11.1. The topological polar surface area (TPSA) is 66.5 Å². The van der Waals surface area contributed by atoms with Gasteiger partial charge in [0, 0.05) is 17.6 Å². The molecule has 144 valence electrons. The maximum absolute atomic E-state index is 12.9. The molecule has 0 atom stereocenters. The number of anilines is 2. The Morgan fingerprint density at radius 2 is 1.64 bits per heavy atom. The Bertz CT molecular complexity index is 1120. The van der Waals surface area contributed by atoms with Crippen molar-refractivity contribution >= 4 is 50.5 Å². The third-order valence-corrected chi connectivity index (χ3v) is 6.40. The van der Waals surface area contributed by atoms with Crippen LogP contribution in [0.3, 0.4) is 0 Å². The van der Waals surface area contributed by atoms with Crippen LogP contribution < -0.4 is 9.62 Å². The van der Waals surface area contributed by atoms with Crippen LogP contribution in [0.5, 0.6) is 0 Å². The van der Waals surface area contributed by atoms with E-state index in [1.807, 2.05) is 0 Å². The molecule has 0 spiro atoms. The van der Waals surface area contributed by atoms with Gasteiger partial charge in [0.15, 0.2) is 0 Å². The Kier molecular flexibility index (Phi) is 5.93. The summed E-state index contributed by atoms with van der Waals surface area (Å²) >= 11 is 12.0. The summed E-state index contributed by atoms with van der Waals surface area (Å²) in [5.74, 6) is -0.497. The van der Waals surface area contributed by atoms with Gasteiger partial charge >= 0.3 is 0 Å². The molecule has 1 amide bonds. The number of benzene rings is 3. The predicted octanol–water partition coefficient (Wildman–Crippen LogP) is 5.07. The molecule has 0 fully saturated rings. The summed E-state index contributed by atoms with van der Waals surface area (Å²) in [5, 5.41) is 3.38. The highest BCUT2D eigenvalue weighted by Gasteiger charge is 2.22. The Balaban J connectivity index is 1.89. The van der Waals surface area contributed by atoms with Crippen molar-refractivity contribution in [2.45, 2.75) is 4.90 Å². The Labute approximate surface area is 173 Å². The van der Waals surface area contributed by atoms with Gasteiger partial charge in [0.2, 0.25) is 0 Å². The lowest BCUT2D eigenvalue weighted by molar-refractivity contribution is 0.102. The Hall–Kier alpha value is -2.54. The number of hydrogen-bond donors (Lipinski definition) is 1. The zero-order valence-electron chi connectivity index (χ0n) is 14.8. The maximum Gasteiger partial charge on any atom is 0.264 e. The van der Waals surface area contributed by atoms with Gasteiger partial charge in [-0.2, -0.15) is 0 Å². The van der Waals surface area contributed by atoms with Crippen LogP contribution in [0.2, 0.25) is 10.0 Å². The molecule has 0 bridgehead atoms. The minimum atomic E-state index is -3.83. The standard InChI is InChI=1S/C20H16Cl2N2O3S/c1-24(16-7-3-2-4-8-16)28(26,27)17-9-5-6-14(12-17)20(25)23-19-13-15(21)10-11-18(19)22/h2-13H,1H3,(H,23,25). The fourth-order valence-corrected chi connectivity index (χ4v) is 4.10. The molecule has 0 aromatic heterocycles. The second-order valence-electron chi connectivity index (χ2n) is 5.91. The van der Waals surface area contributed by atoms with Crippen LogP contribution >= 0.6 is 23.2 Å². The third-order valence-electron chi connectivity index (χ3n) is 4.05. The molecular formula is C20H16Cl2N2O3S. The number of carbonyl (C=O) groups excluding carboxylic acids is 1. The molecule has 8 heteroatoms. The van der Waals surface area contributed by atoms with Crippen molar-refractivity contribution in [3.8, 4) is 0 Å². The van der Waals surface area contributed by atoms with E-state index in [1.54, 1.807) is 42.5 Å². The molecule has 0 heterocycles. The first kappa shape index (κ1) is 20.2. The van der Waals surface area contributed by atoms with E-state index in [4.69, 9.17) is 23.2 Å². The second-order valence-corrected chi connectivity index (χ2v) is 8.73. The van der Waals surface area contributed by atoms with Gasteiger partial charge in [0.05, 0.1) is 21.3 Å². The zero-order valence-corrected chi connectivity index (χ0v) is 17.1. The molecule has 0 aliphatic rings. The number of nitrogens with one attached hydrogen (secondary N) is 1. The Morgan fingerprint density at radius 1 is 0.929 bits per heavy atom. The number of carbonyl (C=O) groups is 1. The molecule has 5 nitrogen and oxygen atoms in total. The second kappa shape index (κ2) is 8.22. The lowest BCUT2D eigenvalue weighted by Gasteiger charge is -2.19. The number of amides is 1.